The normalized spacial score (nSPS) is 29.7. The number of hydrogen-bond donors (Lipinski definition) is 1. The van der Waals surface area contributed by atoms with E-state index in [-0.39, 0.29) is 23.1 Å². The number of hydrogen-bond acceptors (Lipinski definition) is 3. The molecule has 3 aliphatic carbocycles. The number of ether oxygens (including phenoxy) is 1. The van der Waals surface area contributed by atoms with Crippen LogP contribution in [0.15, 0.2) is 30.3 Å². The molecule has 0 unspecified atom stereocenters. The number of benzene rings is 1. The Kier molecular flexibility index (Phi) is 4.02. The molecular weight excluding hydrogens is 346 g/mol. The molecule has 4 nitrogen and oxygen atoms in total. The Morgan fingerprint density at radius 1 is 1.27 bits per heavy atom. The van der Waals surface area contributed by atoms with Crippen molar-refractivity contribution in [1.29, 1.82) is 0 Å². The molecule has 0 spiro atoms. The lowest BCUT2D eigenvalue weighted by atomic mass is 9.33. The zero-order valence-electron chi connectivity index (χ0n) is 12.6. The van der Waals surface area contributed by atoms with E-state index >= 15 is 0 Å². The first kappa shape index (κ1) is 15.5. The predicted molar refractivity (Wildman–Crippen MR) is 86.7 cm³/mol. The molecule has 1 aromatic rings. The highest BCUT2D eigenvalue weighted by Gasteiger charge is 2.69. The van der Waals surface area contributed by atoms with Gasteiger partial charge in [-0.3, -0.25) is 4.79 Å². The van der Waals surface area contributed by atoms with Gasteiger partial charge < -0.3 is 10.1 Å². The van der Waals surface area contributed by atoms with E-state index in [2.05, 4.69) is 28.2 Å². The van der Waals surface area contributed by atoms with Crippen molar-refractivity contribution in [2.24, 2.45) is 10.8 Å². The molecule has 1 aromatic carbocycles. The summed E-state index contributed by atoms with van der Waals surface area (Å²) >= 11 is 3.22. The van der Waals surface area contributed by atoms with Crippen LogP contribution in [0.5, 0.6) is 0 Å². The molecule has 4 rings (SSSR count). The second-order valence-corrected chi connectivity index (χ2v) is 7.50. The fraction of sp³-hybridized carbons (Fsp3) is 0.529. The molecule has 5 heteroatoms. The molecule has 22 heavy (non-hydrogen) atoms. The summed E-state index contributed by atoms with van der Waals surface area (Å²) in [5.74, 6) is 0.0263. The quantitative estimate of drug-likeness (QED) is 0.785. The molecule has 1 amide bonds. The molecule has 1 N–H and O–H groups in total. The van der Waals surface area contributed by atoms with Crippen molar-refractivity contribution in [2.75, 3.05) is 5.33 Å². The Balaban J connectivity index is 1.57. The molecule has 0 saturated heterocycles. The lowest BCUT2D eigenvalue weighted by Crippen LogP contribution is -2.70. The highest BCUT2D eigenvalue weighted by atomic mass is 79.9. The molecule has 2 bridgehead atoms. The average molecular weight is 366 g/mol. The molecule has 0 heterocycles. The zero-order chi connectivity index (χ0) is 15.8. The Morgan fingerprint density at radius 2 is 1.91 bits per heavy atom. The van der Waals surface area contributed by atoms with Crippen LogP contribution >= 0.6 is 15.9 Å². The van der Waals surface area contributed by atoms with E-state index in [1.807, 2.05) is 30.3 Å². The molecule has 118 valence electrons. The fourth-order valence-corrected chi connectivity index (χ4v) is 4.56. The van der Waals surface area contributed by atoms with Gasteiger partial charge in [0.15, 0.2) is 5.78 Å². The van der Waals surface area contributed by atoms with Crippen molar-refractivity contribution in [1.82, 2.24) is 5.32 Å². The van der Waals surface area contributed by atoms with Crippen LogP contribution in [0.1, 0.15) is 31.7 Å². The minimum atomic E-state index is -0.516. The van der Waals surface area contributed by atoms with E-state index in [0.29, 0.717) is 5.41 Å². The Morgan fingerprint density at radius 3 is 2.45 bits per heavy atom. The summed E-state index contributed by atoms with van der Waals surface area (Å²) in [4.78, 5) is 24.2. The summed E-state index contributed by atoms with van der Waals surface area (Å²) in [6.07, 6.45) is 2.53. The Hall–Kier alpha value is -1.36. The summed E-state index contributed by atoms with van der Waals surface area (Å²) in [5, 5.41) is 3.05. The lowest BCUT2D eigenvalue weighted by molar-refractivity contribution is -0.207. The lowest BCUT2D eigenvalue weighted by Gasteiger charge is -2.71. The first-order chi connectivity index (χ1) is 10.5. The fourth-order valence-electron chi connectivity index (χ4n) is 4.24. The molecule has 3 fully saturated rings. The van der Waals surface area contributed by atoms with Gasteiger partial charge in [-0.15, -0.1) is 0 Å². The average Bonchev–Trinajstić information content (AvgIpc) is 2.47. The Bertz CT molecular complexity index is 567. The van der Waals surface area contributed by atoms with E-state index < -0.39 is 12.1 Å². The van der Waals surface area contributed by atoms with Crippen LogP contribution in [-0.2, 0) is 16.1 Å². The van der Waals surface area contributed by atoms with Gasteiger partial charge in [-0.25, -0.2) is 4.79 Å². The van der Waals surface area contributed by atoms with Gasteiger partial charge in [0.25, 0.3) is 0 Å². The maximum Gasteiger partial charge on any atom is 0.408 e. The van der Waals surface area contributed by atoms with Crippen molar-refractivity contribution in [3.8, 4) is 0 Å². The van der Waals surface area contributed by atoms with Gasteiger partial charge in [0.05, 0.1) is 11.4 Å². The third-order valence-corrected chi connectivity index (χ3v) is 5.43. The number of rotatable bonds is 6. The van der Waals surface area contributed by atoms with Crippen LogP contribution < -0.4 is 5.32 Å². The first-order valence-electron chi connectivity index (χ1n) is 7.52. The van der Waals surface area contributed by atoms with Gasteiger partial charge in [-0.1, -0.05) is 53.2 Å². The summed E-state index contributed by atoms with van der Waals surface area (Å²) in [6.45, 7) is 2.45. The third kappa shape index (κ3) is 2.78. The van der Waals surface area contributed by atoms with E-state index in [0.717, 1.165) is 24.8 Å². The molecule has 0 aromatic heterocycles. The van der Waals surface area contributed by atoms with E-state index in [9.17, 15) is 9.59 Å². The third-order valence-electron chi connectivity index (χ3n) is 4.88. The molecule has 3 aliphatic rings. The van der Waals surface area contributed by atoms with Gasteiger partial charge in [-0.05, 0) is 35.7 Å². The number of carbonyl (C=O) groups excluding carboxylic acids is 2. The maximum atomic E-state index is 12.2. The Labute approximate surface area is 138 Å². The van der Waals surface area contributed by atoms with Gasteiger partial charge in [-0.2, -0.15) is 0 Å². The number of alkyl halides is 1. The second-order valence-electron chi connectivity index (χ2n) is 6.94. The van der Waals surface area contributed by atoms with E-state index in [1.54, 1.807) is 0 Å². The van der Waals surface area contributed by atoms with Crippen molar-refractivity contribution in [2.45, 2.75) is 38.8 Å². The van der Waals surface area contributed by atoms with E-state index in [4.69, 9.17) is 4.74 Å². The number of Topliss-reactive ketones (excluding diaryl/α,β-unsaturated/α-hetero) is 1. The molecular formula is C17H20BrNO3. The minimum Gasteiger partial charge on any atom is -0.445 e. The highest BCUT2D eigenvalue weighted by Crippen LogP contribution is 2.74. The second kappa shape index (κ2) is 5.69. The van der Waals surface area contributed by atoms with Gasteiger partial charge in [0, 0.05) is 0 Å². The highest BCUT2D eigenvalue weighted by molar-refractivity contribution is 9.09. The van der Waals surface area contributed by atoms with Crippen LogP contribution in [0.2, 0.25) is 0 Å². The van der Waals surface area contributed by atoms with Crippen molar-refractivity contribution in [3.05, 3.63) is 35.9 Å². The van der Waals surface area contributed by atoms with Crippen LogP contribution in [0.25, 0.3) is 0 Å². The van der Waals surface area contributed by atoms with Crippen LogP contribution in [0.3, 0.4) is 0 Å². The number of amides is 1. The summed E-state index contributed by atoms with van der Waals surface area (Å²) in [5.41, 5.74) is 1.28. The van der Waals surface area contributed by atoms with Gasteiger partial charge in [0.2, 0.25) is 0 Å². The topological polar surface area (TPSA) is 55.4 Å². The van der Waals surface area contributed by atoms with Gasteiger partial charge in [0.1, 0.15) is 6.61 Å². The van der Waals surface area contributed by atoms with E-state index in [1.165, 1.54) is 0 Å². The summed E-state index contributed by atoms with van der Waals surface area (Å²) in [7, 11) is 0. The van der Waals surface area contributed by atoms with Gasteiger partial charge >= 0.3 is 6.09 Å². The van der Waals surface area contributed by atoms with Crippen molar-refractivity contribution < 1.29 is 14.3 Å². The number of alkyl carbamates (subject to hydrolysis) is 1. The standard InChI is InChI=1S/C17H20BrNO3/c1-16-9-17(10-16,11-16)14(13(20)7-18)19-15(21)22-8-12-5-3-2-4-6-12/h2-6,14H,7-11H2,1H3,(H,19,21)/t14-,16?,17?/m1/s1. The molecule has 1 atom stereocenters. The summed E-state index contributed by atoms with van der Waals surface area (Å²) in [6, 6.07) is 9.08. The monoisotopic (exact) mass is 365 g/mol. The molecule has 0 radical (unpaired) electrons. The largest absolute Gasteiger partial charge is 0.445 e. The van der Waals surface area contributed by atoms with Crippen molar-refractivity contribution in [3.63, 3.8) is 0 Å². The summed E-state index contributed by atoms with van der Waals surface area (Å²) < 4.78 is 5.24. The minimum absolute atomic E-state index is 0.0263. The molecule has 3 saturated carbocycles. The maximum absolute atomic E-state index is 12.2. The van der Waals surface area contributed by atoms with Crippen LogP contribution in [0.4, 0.5) is 4.79 Å². The smallest absolute Gasteiger partial charge is 0.408 e. The van der Waals surface area contributed by atoms with Crippen molar-refractivity contribution >= 4 is 27.8 Å². The number of nitrogens with one attached hydrogen (secondary N) is 1. The number of carbonyl (C=O) groups is 2. The molecule has 0 aliphatic heterocycles. The predicted octanol–water partition coefficient (Wildman–Crippen LogP) is 3.44. The number of ketones is 1. The zero-order valence-corrected chi connectivity index (χ0v) is 14.2. The first-order valence-corrected chi connectivity index (χ1v) is 8.64. The van der Waals surface area contributed by atoms with Crippen LogP contribution in [-0.4, -0.2) is 23.2 Å². The van der Waals surface area contributed by atoms with Crippen LogP contribution in [0, 0.1) is 10.8 Å². The number of halogens is 1. The SMILES string of the molecule is CC12CC([C@H](NC(=O)OCc3ccccc3)C(=O)CBr)(C1)C2.